The largest absolute Gasteiger partial charge is 0.467 e. The summed E-state index contributed by atoms with van der Waals surface area (Å²) in [6, 6.07) is 15.1. The first-order valence-electron chi connectivity index (χ1n) is 9.34. The Morgan fingerprint density at radius 1 is 1.09 bits per heavy atom. The summed E-state index contributed by atoms with van der Waals surface area (Å²) in [5, 5.41) is 19.4. The van der Waals surface area contributed by atoms with Gasteiger partial charge in [0.05, 0.1) is 28.9 Å². The van der Waals surface area contributed by atoms with Gasteiger partial charge in [0, 0.05) is 12.1 Å². The lowest BCUT2D eigenvalue weighted by atomic mass is 10.2. The Balaban J connectivity index is 1.60. The molecule has 1 aliphatic heterocycles. The molecule has 1 saturated heterocycles. The Morgan fingerprint density at radius 3 is 2.47 bits per heavy atom. The van der Waals surface area contributed by atoms with Crippen LogP contribution in [-0.2, 0) is 11.3 Å². The van der Waals surface area contributed by atoms with Crippen molar-refractivity contribution in [3.63, 3.8) is 0 Å². The van der Waals surface area contributed by atoms with Crippen LogP contribution in [0.5, 0.6) is 0 Å². The maximum Gasteiger partial charge on any atom is 0.269 e. The van der Waals surface area contributed by atoms with E-state index in [1.807, 2.05) is 0 Å². The number of hydrogen-bond donors (Lipinski definition) is 0. The van der Waals surface area contributed by atoms with Gasteiger partial charge in [-0.05, 0) is 65.4 Å². The van der Waals surface area contributed by atoms with Gasteiger partial charge in [-0.1, -0.05) is 12.1 Å². The van der Waals surface area contributed by atoms with E-state index in [1.54, 1.807) is 42.5 Å². The summed E-state index contributed by atoms with van der Waals surface area (Å²) in [6.45, 7) is 0.168. The maximum absolute atomic E-state index is 13.0. The monoisotopic (exact) mass is 450 g/mol. The van der Waals surface area contributed by atoms with Gasteiger partial charge in [0.15, 0.2) is 5.17 Å². The molecule has 10 heteroatoms. The Bertz CT molecular complexity index is 1220. The number of hydrogen-bond acceptors (Lipinski definition) is 7. The molecular formula is C22H15FN4O4S. The number of carbonyl (C=O) groups excluding carboxylic acids is 1. The zero-order valence-corrected chi connectivity index (χ0v) is 17.2. The fourth-order valence-corrected chi connectivity index (χ4v) is 3.75. The van der Waals surface area contributed by atoms with E-state index in [9.17, 15) is 19.3 Å². The van der Waals surface area contributed by atoms with E-state index in [0.29, 0.717) is 27.0 Å². The van der Waals surface area contributed by atoms with Crippen LogP contribution in [0.1, 0.15) is 16.9 Å². The first-order chi connectivity index (χ1) is 15.5. The summed E-state index contributed by atoms with van der Waals surface area (Å²) < 4.78 is 18.4. The van der Waals surface area contributed by atoms with Crippen LogP contribution in [-0.4, -0.2) is 27.1 Å². The van der Waals surface area contributed by atoms with Gasteiger partial charge in [0.1, 0.15) is 11.6 Å². The van der Waals surface area contributed by atoms with Gasteiger partial charge in [0.25, 0.3) is 11.6 Å². The van der Waals surface area contributed by atoms with Gasteiger partial charge < -0.3 is 4.42 Å². The first-order valence-corrected chi connectivity index (χ1v) is 10.2. The second-order valence-electron chi connectivity index (χ2n) is 6.61. The molecule has 1 aliphatic rings. The summed E-state index contributed by atoms with van der Waals surface area (Å²) in [7, 11) is 0. The fraction of sp³-hybridized carbons (Fsp3) is 0.0455. The van der Waals surface area contributed by atoms with E-state index in [1.165, 1.54) is 41.6 Å². The molecule has 4 rings (SSSR count). The topological polar surface area (TPSA) is 101 Å². The second-order valence-corrected chi connectivity index (χ2v) is 7.62. The molecule has 2 aromatic carbocycles. The van der Waals surface area contributed by atoms with E-state index < -0.39 is 4.92 Å². The quantitative estimate of drug-likeness (QED) is 0.232. The minimum Gasteiger partial charge on any atom is -0.467 e. The summed E-state index contributed by atoms with van der Waals surface area (Å²) in [4.78, 5) is 25.2. The molecule has 0 saturated carbocycles. The van der Waals surface area contributed by atoms with Crippen LogP contribution in [0.4, 0.5) is 10.1 Å². The SMILES string of the molecule is O=C1/C(=C/c2ccc([N+](=O)[O-])cc2)S/C(=N/N=C\c2ccc(F)cc2)N1Cc1ccco1. The lowest BCUT2D eigenvalue weighted by molar-refractivity contribution is -0.384. The third-order valence-electron chi connectivity index (χ3n) is 4.40. The highest BCUT2D eigenvalue weighted by Crippen LogP contribution is 2.34. The Hall–Kier alpha value is -4.05. The van der Waals surface area contributed by atoms with Crippen molar-refractivity contribution < 1.29 is 18.5 Å². The predicted molar refractivity (Wildman–Crippen MR) is 119 cm³/mol. The van der Waals surface area contributed by atoms with E-state index in [4.69, 9.17) is 4.42 Å². The van der Waals surface area contributed by atoms with Crippen LogP contribution in [0.25, 0.3) is 6.08 Å². The van der Waals surface area contributed by atoms with Crippen molar-refractivity contribution in [2.75, 3.05) is 0 Å². The third-order valence-corrected chi connectivity index (χ3v) is 5.40. The number of rotatable bonds is 6. The van der Waals surface area contributed by atoms with Crippen molar-refractivity contribution in [1.82, 2.24) is 4.90 Å². The number of halogens is 1. The average molecular weight is 450 g/mol. The van der Waals surface area contributed by atoms with Crippen molar-refractivity contribution in [2.45, 2.75) is 6.54 Å². The maximum atomic E-state index is 13.0. The molecule has 0 atom stereocenters. The van der Waals surface area contributed by atoms with Crippen LogP contribution >= 0.6 is 11.8 Å². The van der Waals surface area contributed by atoms with Crippen LogP contribution in [0.2, 0.25) is 0 Å². The highest BCUT2D eigenvalue weighted by molar-refractivity contribution is 8.18. The zero-order valence-electron chi connectivity index (χ0n) is 16.4. The Morgan fingerprint density at radius 2 is 1.81 bits per heavy atom. The number of nitro benzene ring substituents is 1. The van der Waals surface area contributed by atoms with Gasteiger partial charge >= 0.3 is 0 Å². The van der Waals surface area contributed by atoms with Crippen molar-refractivity contribution in [1.29, 1.82) is 0 Å². The number of amides is 1. The first kappa shape index (κ1) is 21.2. The Labute approximate surface area is 185 Å². The number of nitrogens with zero attached hydrogens (tertiary/aromatic N) is 4. The molecular weight excluding hydrogens is 435 g/mol. The zero-order chi connectivity index (χ0) is 22.5. The molecule has 8 nitrogen and oxygen atoms in total. The highest BCUT2D eigenvalue weighted by Gasteiger charge is 2.34. The predicted octanol–water partition coefficient (Wildman–Crippen LogP) is 4.83. The van der Waals surface area contributed by atoms with Crippen LogP contribution < -0.4 is 0 Å². The van der Waals surface area contributed by atoms with Gasteiger partial charge in [-0.25, -0.2) is 4.39 Å². The van der Waals surface area contributed by atoms with E-state index in [2.05, 4.69) is 10.2 Å². The number of furan rings is 1. The molecule has 0 N–H and O–H groups in total. The molecule has 0 unspecified atom stereocenters. The smallest absolute Gasteiger partial charge is 0.269 e. The van der Waals surface area contributed by atoms with Crippen molar-refractivity contribution in [2.24, 2.45) is 10.2 Å². The molecule has 0 spiro atoms. The lowest BCUT2D eigenvalue weighted by Crippen LogP contribution is -2.28. The lowest BCUT2D eigenvalue weighted by Gasteiger charge is -2.12. The summed E-state index contributed by atoms with van der Waals surface area (Å²) in [5.74, 6) is -0.0673. The summed E-state index contributed by atoms with van der Waals surface area (Å²) in [5.41, 5.74) is 1.26. The van der Waals surface area contributed by atoms with Gasteiger partial charge in [-0.2, -0.15) is 5.10 Å². The molecule has 0 aliphatic carbocycles. The Kier molecular flexibility index (Phi) is 6.22. The number of thioether (sulfide) groups is 1. The molecule has 1 aromatic heterocycles. The van der Waals surface area contributed by atoms with E-state index in [-0.39, 0.29) is 24.0 Å². The van der Waals surface area contributed by atoms with Crippen LogP contribution in [0.15, 0.2) is 86.5 Å². The highest BCUT2D eigenvalue weighted by atomic mass is 32.2. The summed E-state index contributed by atoms with van der Waals surface area (Å²) in [6.07, 6.45) is 4.61. The molecule has 1 amide bonds. The second kappa shape index (κ2) is 9.40. The van der Waals surface area contributed by atoms with Crippen molar-refractivity contribution in [3.8, 4) is 0 Å². The number of nitro groups is 1. The van der Waals surface area contributed by atoms with Crippen molar-refractivity contribution >= 4 is 40.8 Å². The third kappa shape index (κ3) is 4.98. The minimum absolute atomic E-state index is 0.0330. The molecule has 1 fully saturated rings. The summed E-state index contributed by atoms with van der Waals surface area (Å²) >= 11 is 1.13. The number of benzene rings is 2. The van der Waals surface area contributed by atoms with Gasteiger partial charge in [-0.3, -0.25) is 19.8 Å². The standard InChI is InChI=1S/C22H15FN4O4S/c23-17-7-3-16(4-8-17)13-24-25-22-26(14-19-2-1-11-31-19)21(28)20(32-22)12-15-5-9-18(10-6-15)27(29)30/h1-13H,14H2/b20-12-,24-13-,25-22+. The van der Waals surface area contributed by atoms with Gasteiger partial charge in [0.2, 0.25) is 0 Å². The van der Waals surface area contributed by atoms with Crippen LogP contribution in [0.3, 0.4) is 0 Å². The van der Waals surface area contributed by atoms with Crippen molar-refractivity contribution in [3.05, 3.63) is 105 Å². The number of carbonyl (C=O) groups is 1. The van der Waals surface area contributed by atoms with E-state index in [0.717, 1.165) is 11.8 Å². The molecule has 3 aromatic rings. The molecule has 0 bridgehead atoms. The van der Waals surface area contributed by atoms with Gasteiger partial charge in [-0.15, -0.1) is 5.10 Å². The van der Waals surface area contributed by atoms with Crippen LogP contribution in [0, 0.1) is 15.9 Å². The molecule has 0 radical (unpaired) electrons. The normalized spacial score (nSPS) is 16.5. The average Bonchev–Trinajstić information content (AvgIpc) is 3.40. The minimum atomic E-state index is -0.485. The molecule has 2 heterocycles. The van der Waals surface area contributed by atoms with E-state index >= 15 is 0 Å². The molecule has 32 heavy (non-hydrogen) atoms. The number of non-ortho nitro benzene ring substituents is 1. The fourth-order valence-electron chi connectivity index (χ4n) is 2.82. The molecule has 160 valence electrons. The number of amidine groups is 1.